The molecular formula is C22H30N2O. The summed E-state index contributed by atoms with van der Waals surface area (Å²) in [5, 5.41) is 0. The number of ketones is 1. The Bertz CT molecular complexity index is 720. The fourth-order valence-corrected chi connectivity index (χ4v) is 7.44. The van der Waals surface area contributed by atoms with E-state index in [0.29, 0.717) is 23.5 Å². The van der Waals surface area contributed by atoms with Gasteiger partial charge >= 0.3 is 0 Å². The van der Waals surface area contributed by atoms with Gasteiger partial charge in [-0.2, -0.15) is 0 Å². The molecule has 0 saturated heterocycles. The summed E-state index contributed by atoms with van der Waals surface area (Å²) in [7, 11) is 0. The molecule has 134 valence electrons. The summed E-state index contributed by atoms with van der Waals surface area (Å²) in [6, 6.07) is 0. The van der Waals surface area contributed by atoms with Crippen molar-refractivity contribution in [2.75, 3.05) is 0 Å². The first-order valence-corrected chi connectivity index (χ1v) is 10.3. The number of hydrogen-bond acceptors (Lipinski definition) is 2. The van der Waals surface area contributed by atoms with E-state index in [4.69, 9.17) is 0 Å². The first-order chi connectivity index (χ1) is 12.0. The van der Waals surface area contributed by atoms with E-state index in [2.05, 4.69) is 35.7 Å². The molecule has 0 aliphatic heterocycles. The van der Waals surface area contributed by atoms with Crippen LogP contribution >= 0.6 is 0 Å². The second kappa shape index (κ2) is 5.31. The van der Waals surface area contributed by atoms with Crippen LogP contribution in [0.15, 0.2) is 24.8 Å². The van der Waals surface area contributed by atoms with Gasteiger partial charge in [-0.1, -0.05) is 32.8 Å². The van der Waals surface area contributed by atoms with Gasteiger partial charge in [0.25, 0.3) is 0 Å². The second-order valence-corrected chi connectivity index (χ2v) is 9.60. The van der Waals surface area contributed by atoms with Crippen molar-refractivity contribution in [2.24, 2.45) is 34.5 Å². The highest BCUT2D eigenvalue weighted by molar-refractivity contribution is 5.83. The van der Waals surface area contributed by atoms with Crippen molar-refractivity contribution in [3.8, 4) is 0 Å². The van der Waals surface area contributed by atoms with E-state index in [1.807, 2.05) is 12.5 Å². The number of carbonyl (C=O) groups is 1. The number of allylic oxidation sites excluding steroid dienone is 2. The van der Waals surface area contributed by atoms with Crippen LogP contribution in [0, 0.1) is 34.5 Å². The summed E-state index contributed by atoms with van der Waals surface area (Å²) in [6.07, 6.45) is 17.9. The van der Waals surface area contributed by atoms with Crippen LogP contribution in [0.5, 0.6) is 0 Å². The van der Waals surface area contributed by atoms with Crippen molar-refractivity contribution in [1.82, 2.24) is 9.55 Å². The van der Waals surface area contributed by atoms with Crippen molar-refractivity contribution in [1.29, 1.82) is 0 Å². The lowest BCUT2D eigenvalue weighted by Gasteiger charge is -2.59. The summed E-state index contributed by atoms with van der Waals surface area (Å²) in [4.78, 5) is 17.3. The molecule has 25 heavy (non-hydrogen) atoms. The smallest absolute Gasteiger partial charge is 0.136 e. The van der Waals surface area contributed by atoms with Crippen LogP contribution in [0.1, 0.15) is 65.2 Å². The second-order valence-electron chi connectivity index (χ2n) is 9.60. The normalized spacial score (nSPS) is 46.2. The minimum absolute atomic E-state index is 0.208. The lowest BCUT2D eigenvalue weighted by molar-refractivity contribution is -0.150. The largest absolute Gasteiger partial charge is 0.310 e. The Kier molecular flexibility index (Phi) is 3.37. The number of nitrogens with zero attached hydrogens (tertiary/aromatic N) is 2. The highest BCUT2D eigenvalue weighted by atomic mass is 16.1. The average Bonchev–Trinajstić information content (AvgIpc) is 3.21. The molecule has 0 amide bonds. The Morgan fingerprint density at radius 3 is 2.84 bits per heavy atom. The Morgan fingerprint density at radius 2 is 2.04 bits per heavy atom. The molecule has 0 N–H and O–H groups in total. The lowest BCUT2D eigenvalue weighted by Crippen LogP contribution is -2.55. The summed E-state index contributed by atoms with van der Waals surface area (Å²) >= 11 is 0. The molecule has 3 saturated carbocycles. The van der Waals surface area contributed by atoms with Crippen LogP contribution in [0.25, 0.3) is 5.70 Å². The van der Waals surface area contributed by atoms with Gasteiger partial charge < -0.3 is 4.57 Å². The van der Waals surface area contributed by atoms with E-state index in [-0.39, 0.29) is 10.8 Å². The molecule has 1 aromatic rings. The molecule has 6 atom stereocenters. The van der Waals surface area contributed by atoms with Crippen LogP contribution in [0.4, 0.5) is 0 Å². The van der Waals surface area contributed by atoms with Crippen molar-refractivity contribution >= 4 is 11.5 Å². The van der Waals surface area contributed by atoms with E-state index in [0.717, 1.165) is 25.2 Å². The number of fused-ring (bicyclic) bond motifs is 5. The first kappa shape index (κ1) is 15.8. The number of hydrogen-bond donors (Lipinski definition) is 0. The van der Waals surface area contributed by atoms with Crippen molar-refractivity contribution in [3.05, 3.63) is 24.8 Å². The molecule has 0 bridgehead atoms. The third-order valence-corrected chi connectivity index (χ3v) is 8.69. The van der Waals surface area contributed by atoms with E-state index >= 15 is 0 Å². The van der Waals surface area contributed by atoms with Gasteiger partial charge in [-0.15, -0.1) is 0 Å². The topological polar surface area (TPSA) is 34.9 Å². The molecule has 3 heteroatoms. The number of aromatic nitrogens is 2. The standard InChI is InChI=1S/C22H30N2O/c1-21-9-4-3-5-18(21)19(25)13-15-16-6-7-20(24-12-11-23-14-24)22(16,2)10-8-17(15)21/h7,11-12,14-18H,3-6,8-10,13H2,1-2H3/t15-,16-,17?,18?,21+,22-/m0/s1. The van der Waals surface area contributed by atoms with Gasteiger partial charge in [0, 0.05) is 35.8 Å². The summed E-state index contributed by atoms with van der Waals surface area (Å²) in [5.41, 5.74) is 1.91. The fourth-order valence-electron chi connectivity index (χ4n) is 7.44. The molecule has 2 unspecified atom stereocenters. The highest BCUT2D eigenvalue weighted by Crippen LogP contribution is 2.66. The Balaban J connectivity index is 1.50. The number of Topliss-reactive ketones (excluding diaryl/α,β-unsaturated/α-hetero) is 1. The SMILES string of the molecule is C[C@]12CCCCC1C(=O)C[C@@H]1C2CC[C@]2(C)C(n3ccnc3)=CC[C@@H]12. The van der Waals surface area contributed by atoms with E-state index < -0.39 is 0 Å². The first-order valence-electron chi connectivity index (χ1n) is 10.3. The molecule has 0 spiro atoms. The summed E-state index contributed by atoms with van der Waals surface area (Å²) < 4.78 is 2.22. The molecule has 3 nitrogen and oxygen atoms in total. The Morgan fingerprint density at radius 1 is 1.16 bits per heavy atom. The van der Waals surface area contributed by atoms with E-state index in [1.54, 1.807) is 0 Å². The molecule has 4 aliphatic rings. The van der Waals surface area contributed by atoms with Gasteiger partial charge in [0.1, 0.15) is 5.78 Å². The molecular weight excluding hydrogens is 308 g/mol. The molecule has 3 fully saturated rings. The van der Waals surface area contributed by atoms with E-state index in [1.165, 1.54) is 37.8 Å². The Hall–Kier alpha value is -1.38. The summed E-state index contributed by atoms with van der Waals surface area (Å²) in [6.45, 7) is 4.92. The predicted molar refractivity (Wildman–Crippen MR) is 98.6 cm³/mol. The maximum absolute atomic E-state index is 13.1. The zero-order chi connectivity index (χ0) is 17.2. The minimum Gasteiger partial charge on any atom is -0.310 e. The zero-order valence-electron chi connectivity index (χ0n) is 15.6. The third-order valence-electron chi connectivity index (χ3n) is 8.69. The maximum Gasteiger partial charge on any atom is 0.136 e. The zero-order valence-corrected chi connectivity index (χ0v) is 15.6. The van der Waals surface area contributed by atoms with Gasteiger partial charge in [0.15, 0.2) is 0 Å². The van der Waals surface area contributed by atoms with Crippen LogP contribution in [0.3, 0.4) is 0 Å². The molecule has 1 aromatic heterocycles. The van der Waals surface area contributed by atoms with Gasteiger partial charge in [-0.25, -0.2) is 4.98 Å². The van der Waals surface area contributed by atoms with Crippen LogP contribution < -0.4 is 0 Å². The average molecular weight is 338 g/mol. The van der Waals surface area contributed by atoms with Gasteiger partial charge in [0.05, 0.1) is 6.33 Å². The molecule has 4 aliphatic carbocycles. The minimum atomic E-state index is 0.208. The van der Waals surface area contributed by atoms with Gasteiger partial charge in [-0.3, -0.25) is 4.79 Å². The van der Waals surface area contributed by atoms with Crippen LogP contribution in [0.2, 0.25) is 0 Å². The van der Waals surface area contributed by atoms with Gasteiger partial charge in [-0.05, 0) is 55.3 Å². The van der Waals surface area contributed by atoms with Crippen molar-refractivity contribution in [2.45, 2.75) is 65.2 Å². The van der Waals surface area contributed by atoms with Crippen LogP contribution in [-0.4, -0.2) is 15.3 Å². The maximum atomic E-state index is 13.1. The fraction of sp³-hybridized carbons (Fsp3) is 0.727. The lowest BCUT2D eigenvalue weighted by atomic mass is 9.45. The molecule has 0 radical (unpaired) electrons. The molecule has 1 heterocycles. The van der Waals surface area contributed by atoms with Crippen LogP contribution in [-0.2, 0) is 4.79 Å². The highest BCUT2D eigenvalue weighted by Gasteiger charge is 2.60. The molecule has 5 rings (SSSR count). The predicted octanol–water partition coefficient (Wildman–Crippen LogP) is 4.95. The molecule has 0 aromatic carbocycles. The van der Waals surface area contributed by atoms with Gasteiger partial charge in [0.2, 0.25) is 0 Å². The van der Waals surface area contributed by atoms with Crippen molar-refractivity contribution in [3.63, 3.8) is 0 Å². The number of carbonyl (C=O) groups excluding carboxylic acids is 1. The monoisotopic (exact) mass is 338 g/mol. The third kappa shape index (κ3) is 2.04. The van der Waals surface area contributed by atoms with E-state index in [9.17, 15) is 4.79 Å². The Labute approximate surface area is 150 Å². The quantitative estimate of drug-likeness (QED) is 0.726. The number of rotatable bonds is 1. The number of imidazole rings is 1. The van der Waals surface area contributed by atoms with Crippen molar-refractivity contribution < 1.29 is 4.79 Å². The summed E-state index contributed by atoms with van der Waals surface area (Å²) in [5.74, 6) is 2.91.